The van der Waals surface area contributed by atoms with Crippen LogP contribution in [-0.2, 0) is 9.53 Å². The van der Waals surface area contributed by atoms with Crippen molar-refractivity contribution in [3.05, 3.63) is 29.3 Å². The Morgan fingerprint density at radius 2 is 1.85 bits per heavy atom. The molecule has 27 heavy (non-hydrogen) atoms. The highest BCUT2D eigenvalue weighted by atomic mass is 19.1. The first-order valence-corrected chi connectivity index (χ1v) is 8.35. The smallest absolute Gasteiger partial charge is 0.343 e. The van der Waals surface area contributed by atoms with Crippen LogP contribution >= 0.6 is 0 Å². The van der Waals surface area contributed by atoms with Crippen molar-refractivity contribution in [1.82, 2.24) is 10.2 Å². The molecule has 2 rings (SSSR count). The van der Waals surface area contributed by atoms with Gasteiger partial charge in [0, 0.05) is 17.8 Å². The molecule has 1 aliphatic rings. The van der Waals surface area contributed by atoms with E-state index in [0.29, 0.717) is 19.4 Å². The summed E-state index contributed by atoms with van der Waals surface area (Å²) >= 11 is 0. The largest absolute Gasteiger partial charge is 0.480 e. The van der Waals surface area contributed by atoms with Gasteiger partial charge in [0.1, 0.15) is 17.2 Å². The average molecular weight is 385 g/mol. The summed E-state index contributed by atoms with van der Waals surface area (Å²) in [5.74, 6) is -4.35. The van der Waals surface area contributed by atoms with Gasteiger partial charge < -0.3 is 20.5 Å². The topological polar surface area (TPSA) is 108 Å². The highest BCUT2D eigenvalue weighted by Crippen LogP contribution is 2.26. The van der Waals surface area contributed by atoms with Crippen LogP contribution in [0.1, 0.15) is 30.1 Å². The van der Waals surface area contributed by atoms with Crippen molar-refractivity contribution in [3.63, 3.8) is 0 Å². The van der Waals surface area contributed by atoms with Gasteiger partial charge in [0.15, 0.2) is 0 Å². The Morgan fingerprint density at radius 1 is 1.26 bits per heavy atom. The Hall–Kier alpha value is -2.75. The number of esters is 1. The van der Waals surface area contributed by atoms with Gasteiger partial charge in [-0.2, -0.15) is 0 Å². The summed E-state index contributed by atoms with van der Waals surface area (Å²) < 4.78 is 32.0. The van der Waals surface area contributed by atoms with Crippen molar-refractivity contribution >= 4 is 23.7 Å². The molecule has 148 valence electrons. The van der Waals surface area contributed by atoms with Crippen molar-refractivity contribution in [2.24, 2.45) is 0 Å². The zero-order valence-electron chi connectivity index (χ0n) is 14.9. The molecule has 0 atom stereocenters. The third-order valence-corrected chi connectivity index (χ3v) is 4.40. The molecule has 0 aliphatic heterocycles. The molecule has 1 aromatic rings. The molecule has 1 aromatic carbocycles. The molecule has 3 N–H and O–H groups in total. The number of aliphatic carboxylic acids is 1. The van der Waals surface area contributed by atoms with E-state index in [9.17, 15) is 23.2 Å². The van der Waals surface area contributed by atoms with Gasteiger partial charge in [-0.05, 0) is 31.5 Å². The molecule has 1 fully saturated rings. The lowest BCUT2D eigenvalue weighted by Gasteiger charge is -2.42. The minimum Gasteiger partial charge on any atom is -0.480 e. The van der Waals surface area contributed by atoms with Crippen molar-refractivity contribution in [2.45, 2.75) is 31.8 Å². The van der Waals surface area contributed by atoms with Crippen LogP contribution in [0.3, 0.4) is 0 Å². The number of carbonyl (C=O) groups is 3. The van der Waals surface area contributed by atoms with Crippen LogP contribution in [0.25, 0.3) is 0 Å². The Morgan fingerprint density at radius 3 is 2.33 bits per heavy atom. The minimum absolute atomic E-state index is 0.0608. The van der Waals surface area contributed by atoms with E-state index in [1.54, 1.807) is 4.90 Å². The molecule has 0 unspecified atom stereocenters. The van der Waals surface area contributed by atoms with Gasteiger partial charge in [-0.3, -0.25) is 9.69 Å². The Bertz CT molecular complexity index is 714. The standard InChI is InChI=1S/C17H21F2N3O5/c1-3-22(8-14(23)24)11-4-9(5-11)20-17(26)21-10-6-12(18)15(13(19)7-10)16(25)27-2/h6-7,9,11H,3-5,8H2,1-2H3,(H,23,24)(H2,20,21,26). The number of nitrogens with zero attached hydrogens (tertiary/aromatic N) is 1. The van der Waals surface area contributed by atoms with Crippen LogP contribution in [-0.4, -0.2) is 60.3 Å². The number of rotatable bonds is 7. The van der Waals surface area contributed by atoms with Crippen LogP contribution < -0.4 is 10.6 Å². The number of halogens is 2. The van der Waals surface area contributed by atoms with Crippen molar-refractivity contribution in [2.75, 3.05) is 25.5 Å². The molecule has 10 heteroatoms. The number of carboxylic acid groups (broad SMARTS) is 1. The van der Waals surface area contributed by atoms with Crippen molar-refractivity contribution in [3.8, 4) is 0 Å². The summed E-state index contributed by atoms with van der Waals surface area (Å²) in [6.45, 7) is 2.38. The number of carbonyl (C=O) groups excluding carboxylic acids is 2. The molecule has 0 radical (unpaired) electrons. The number of hydrogen-bond acceptors (Lipinski definition) is 5. The van der Waals surface area contributed by atoms with E-state index in [0.717, 1.165) is 19.2 Å². The van der Waals surface area contributed by atoms with Gasteiger partial charge in [0.2, 0.25) is 0 Å². The average Bonchev–Trinajstić information content (AvgIpc) is 2.54. The summed E-state index contributed by atoms with van der Waals surface area (Å²) in [6, 6.07) is 0.894. The van der Waals surface area contributed by atoms with Crippen LogP contribution in [0.15, 0.2) is 12.1 Å². The second kappa shape index (κ2) is 8.76. The van der Waals surface area contributed by atoms with Gasteiger partial charge in [-0.25, -0.2) is 18.4 Å². The van der Waals surface area contributed by atoms with E-state index < -0.39 is 35.2 Å². The lowest BCUT2D eigenvalue weighted by atomic mass is 9.85. The van der Waals surface area contributed by atoms with Gasteiger partial charge in [-0.1, -0.05) is 6.92 Å². The molecular formula is C17H21F2N3O5. The quantitative estimate of drug-likeness (QED) is 0.618. The van der Waals surface area contributed by atoms with E-state index in [4.69, 9.17) is 5.11 Å². The molecular weight excluding hydrogens is 364 g/mol. The molecule has 0 heterocycles. The second-order valence-corrected chi connectivity index (χ2v) is 6.18. The first-order chi connectivity index (χ1) is 12.7. The zero-order valence-corrected chi connectivity index (χ0v) is 14.9. The number of urea groups is 1. The van der Waals surface area contributed by atoms with Crippen molar-refractivity contribution < 1.29 is 33.0 Å². The lowest BCUT2D eigenvalue weighted by molar-refractivity contribution is -0.139. The number of benzene rings is 1. The number of ether oxygens (including phenoxy) is 1. The molecule has 0 aromatic heterocycles. The molecule has 0 spiro atoms. The van der Waals surface area contributed by atoms with Gasteiger partial charge in [0.05, 0.1) is 13.7 Å². The second-order valence-electron chi connectivity index (χ2n) is 6.18. The monoisotopic (exact) mass is 385 g/mol. The summed E-state index contributed by atoms with van der Waals surface area (Å²) in [4.78, 5) is 35.9. The Labute approximate surface area is 154 Å². The Balaban J connectivity index is 1.89. The minimum atomic E-state index is -1.15. The summed E-state index contributed by atoms with van der Waals surface area (Å²) in [6.07, 6.45) is 1.16. The van der Waals surface area contributed by atoms with Crippen LogP contribution in [0.2, 0.25) is 0 Å². The lowest BCUT2D eigenvalue weighted by Crippen LogP contribution is -2.55. The maximum atomic E-state index is 13.9. The van der Waals surface area contributed by atoms with Gasteiger partial charge in [0.25, 0.3) is 0 Å². The fraction of sp³-hybridized carbons (Fsp3) is 0.471. The fourth-order valence-corrected chi connectivity index (χ4v) is 2.97. The third kappa shape index (κ3) is 5.13. The third-order valence-electron chi connectivity index (χ3n) is 4.40. The number of methoxy groups -OCH3 is 1. The molecule has 1 saturated carbocycles. The molecule has 0 bridgehead atoms. The van der Waals surface area contributed by atoms with Crippen LogP contribution in [0, 0.1) is 11.6 Å². The highest BCUT2D eigenvalue weighted by molar-refractivity contribution is 5.93. The predicted molar refractivity (Wildman–Crippen MR) is 91.5 cm³/mol. The van der Waals surface area contributed by atoms with E-state index >= 15 is 0 Å². The summed E-state index contributed by atoms with van der Waals surface area (Å²) in [7, 11) is 1.00. The van der Waals surface area contributed by atoms with Gasteiger partial charge >= 0.3 is 18.0 Å². The summed E-state index contributed by atoms with van der Waals surface area (Å²) in [5.41, 5.74) is -0.976. The zero-order chi connectivity index (χ0) is 20.1. The molecule has 8 nitrogen and oxygen atoms in total. The van der Waals surface area contributed by atoms with E-state index in [1.807, 2.05) is 6.92 Å². The molecule has 2 amide bonds. The summed E-state index contributed by atoms with van der Waals surface area (Å²) in [5, 5.41) is 13.8. The molecule has 1 aliphatic carbocycles. The maximum Gasteiger partial charge on any atom is 0.343 e. The number of anilines is 1. The number of likely N-dealkylation sites (N-methyl/N-ethyl adjacent to an activating group) is 1. The first-order valence-electron chi connectivity index (χ1n) is 8.35. The highest BCUT2D eigenvalue weighted by Gasteiger charge is 2.34. The number of nitrogens with one attached hydrogen (secondary N) is 2. The van der Waals surface area contributed by atoms with Crippen LogP contribution in [0.5, 0.6) is 0 Å². The number of hydrogen-bond donors (Lipinski definition) is 3. The van der Waals surface area contributed by atoms with Crippen molar-refractivity contribution in [1.29, 1.82) is 0 Å². The SMILES string of the molecule is CCN(CC(=O)O)C1CC(NC(=O)Nc2cc(F)c(C(=O)OC)c(F)c2)C1. The molecule has 0 saturated heterocycles. The van der Waals surface area contributed by atoms with E-state index in [2.05, 4.69) is 15.4 Å². The van der Waals surface area contributed by atoms with E-state index in [-0.39, 0.29) is 24.3 Å². The fourth-order valence-electron chi connectivity index (χ4n) is 2.97. The maximum absolute atomic E-state index is 13.9. The predicted octanol–water partition coefficient (Wildman–Crippen LogP) is 1.81. The first kappa shape index (κ1) is 20.6. The van der Waals surface area contributed by atoms with Crippen LogP contribution in [0.4, 0.5) is 19.3 Å². The normalized spacial score (nSPS) is 18.6. The van der Waals surface area contributed by atoms with Gasteiger partial charge in [-0.15, -0.1) is 0 Å². The number of carboxylic acids is 1. The number of amides is 2. The van der Waals surface area contributed by atoms with E-state index in [1.165, 1.54) is 0 Å². The Kier molecular flexibility index (Phi) is 6.67.